The van der Waals surface area contributed by atoms with E-state index in [-0.39, 0.29) is 0 Å². The van der Waals surface area contributed by atoms with Gasteiger partial charge in [0.2, 0.25) is 0 Å². The van der Waals surface area contributed by atoms with Gasteiger partial charge in [0, 0.05) is 18.6 Å². The van der Waals surface area contributed by atoms with E-state index in [0.29, 0.717) is 0 Å². The maximum atomic E-state index is 3.41. The van der Waals surface area contributed by atoms with Crippen LogP contribution in [0.5, 0.6) is 0 Å². The summed E-state index contributed by atoms with van der Waals surface area (Å²) in [7, 11) is 2.25. The molecule has 0 heterocycles. The molecule has 1 aliphatic carbocycles. The summed E-state index contributed by atoms with van der Waals surface area (Å²) < 4.78 is 3.41. The van der Waals surface area contributed by atoms with Gasteiger partial charge in [-0.2, -0.15) is 0 Å². The van der Waals surface area contributed by atoms with E-state index in [1.165, 1.54) is 19.4 Å². The molecule has 2 nitrogen and oxygen atoms in total. The van der Waals surface area contributed by atoms with Crippen LogP contribution in [0.15, 0.2) is 0 Å². The highest BCUT2D eigenvalue weighted by molar-refractivity contribution is 7.96. The summed E-state index contributed by atoms with van der Waals surface area (Å²) >= 11 is 1.74. The molecule has 13 heavy (non-hydrogen) atoms. The highest BCUT2D eigenvalue weighted by atomic mass is 32.2. The molecular formula is C10H22N2S. The number of hydrogen-bond acceptors (Lipinski definition) is 3. The van der Waals surface area contributed by atoms with Crippen molar-refractivity contribution >= 4 is 11.9 Å². The molecule has 0 aromatic rings. The van der Waals surface area contributed by atoms with Gasteiger partial charge in [0.05, 0.1) is 0 Å². The monoisotopic (exact) mass is 202 g/mol. The zero-order valence-electron chi connectivity index (χ0n) is 9.21. The zero-order chi connectivity index (χ0) is 9.84. The van der Waals surface area contributed by atoms with Gasteiger partial charge in [0.1, 0.15) is 0 Å². The van der Waals surface area contributed by atoms with Crippen LogP contribution in [0.3, 0.4) is 0 Å². The summed E-state index contributed by atoms with van der Waals surface area (Å²) in [6.07, 6.45) is 4.75. The fourth-order valence-corrected chi connectivity index (χ4v) is 2.46. The van der Waals surface area contributed by atoms with Gasteiger partial charge >= 0.3 is 0 Å². The van der Waals surface area contributed by atoms with Crippen LogP contribution in [0.1, 0.15) is 26.7 Å². The first-order valence-electron chi connectivity index (χ1n) is 5.12. The zero-order valence-corrected chi connectivity index (χ0v) is 10.0. The Morgan fingerprint density at radius 1 is 1.46 bits per heavy atom. The van der Waals surface area contributed by atoms with E-state index in [2.05, 4.69) is 36.8 Å². The van der Waals surface area contributed by atoms with E-state index in [1.807, 2.05) is 0 Å². The Labute approximate surface area is 86.6 Å². The predicted octanol–water partition coefficient (Wildman–Crippen LogP) is 1.97. The normalized spacial score (nSPS) is 28.2. The third-order valence-corrected chi connectivity index (χ3v) is 3.24. The first kappa shape index (κ1) is 11.3. The maximum absolute atomic E-state index is 3.41. The van der Waals surface area contributed by atoms with Crippen molar-refractivity contribution in [3.8, 4) is 0 Å². The van der Waals surface area contributed by atoms with Crippen LogP contribution < -0.4 is 4.72 Å². The van der Waals surface area contributed by atoms with E-state index in [0.717, 1.165) is 18.0 Å². The van der Waals surface area contributed by atoms with Gasteiger partial charge in [-0.3, -0.25) is 4.72 Å². The van der Waals surface area contributed by atoms with Gasteiger partial charge in [0.25, 0.3) is 0 Å². The van der Waals surface area contributed by atoms with E-state index in [9.17, 15) is 0 Å². The molecule has 0 radical (unpaired) electrons. The smallest absolute Gasteiger partial charge is 0.0201 e. The molecule has 0 aromatic carbocycles. The molecule has 1 rings (SSSR count). The van der Waals surface area contributed by atoms with Gasteiger partial charge in [-0.1, -0.05) is 25.8 Å². The molecule has 0 unspecified atom stereocenters. The first-order chi connectivity index (χ1) is 6.13. The molecule has 0 aromatic heterocycles. The van der Waals surface area contributed by atoms with Crippen molar-refractivity contribution in [1.82, 2.24) is 9.62 Å². The molecule has 0 saturated heterocycles. The molecule has 0 amide bonds. The van der Waals surface area contributed by atoms with Crippen molar-refractivity contribution in [2.75, 3.05) is 19.8 Å². The highest BCUT2D eigenvalue weighted by Gasteiger charge is 2.31. The lowest BCUT2D eigenvalue weighted by Crippen LogP contribution is -2.50. The van der Waals surface area contributed by atoms with Gasteiger partial charge in [-0.15, -0.1) is 0 Å². The van der Waals surface area contributed by atoms with Gasteiger partial charge < -0.3 is 4.90 Å². The van der Waals surface area contributed by atoms with Gasteiger partial charge in [-0.25, -0.2) is 0 Å². The molecule has 3 heteroatoms. The Hall–Kier alpha value is 0.270. The Balaban J connectivity index is 2.11. The predicted molar refractivity (Wildman–Crippen MR) is 60.9 cm³/mol. The standard InChI is InChI=1S/C10H22N2S/c1-8(2)7-12(3)10-5-9(6-10)11-13-4/h8-11H,5-7H2,1-4H3. The second-order valence-corrected chi connectivity index (χ2v) is 5.12. The number of nitrogens with one attached hydrogen (secondary N) is 1. The summed E-state index contributed by atoms with van der Waals surface area (Å²) in [4.78, 5) is 2.50. The molecule has 0 aliphatic heterocycles. The summed E-state index contributed by atoms with van der Waals surface area (Å²) in [6, 6.07) is 1.58. The average molecular weight is 202 g/mol. The second kappa shape index (κ2) is 5.23. The molecule has 78 valence electrons. The minimum atomic E-state index is 0.759. The number of hydrogen-bond donors (Lipinski definition) is 1. The van der Waals surface area contributed by atoms with Crippen molar-refractivity contribution in [1.29, 1.82) is 0 Å². The molecule has 1 saturated carbocycles. The quantitative estimate of drug-likeness (QED) is 0.686. The van der Waals surface area contributed by atoms with Crippen molar-refractivity contribution in [2.24, 2.45) is 5.92 Å². The lowest BCUT2D eigenvalue weighted by Gasteiger charge is -2.41. The van der Waals surface area contributed by atoms with Crippen molar-refractivity contribution in [3.63, 3.8) is 0 Å². The summed E-state index contributed by atoms with van der Waals surface area (Å²) in [5, 5.41) is 0. The van der Waals surface area contributed by atoms with Crippen molar-refractivity contribution < 1.29 is 0 Å². The molecular weight excluding hydrogens is 180 g/mol. The van der Waals surface area contributed by atoms with E-state index in [4.69, 9.17) is 0 Å². The van der Waals surface area contributed by atoms with Crippen LogP contribution in [-0.2, 0) is 0 Å². The fourth-order valence-electron chi connectivity index (χ4n) is 1.94. The molecule has 1 aliphatic rings. The highest BCUT2D eigenvalue weighted by Crippen LogP contribution is 2.26. The largest absolute Gasteiger partial charge is 0.303 e. The van der Waals surface area contributed by atoms with Crippen LogP contribution >= 0.6 is 11.9 Å². The minimum absolute atomic E-state index is 0.759. The topological polar surface area (TPSA) is 15.3 Å². The summed E-state index contributed by atoms with van der Waals surface area (Å²) in [5.74, 6) is 0.789. The minimum Gasteiger partial charge on any atom is -0.303 e. The Bertz CT molecular complexity index is 144. The first-order valence-corrected chi connectivity index (χ1v) is 6.34. The molecule has 1 fully saturated rings. The third kappa shape index (κ3) is 3.49. The molecule has 0 atom stereocenters. The Morgan fingerprint density at radius 3 is 2.54 bits per heavy atom. The van der Waals surface area contributed by atoms with Crippen molar-refractivity contribution in [3.05, 3.63) is 0 Å². The van der Waals surface area contributed by atoms with Crippen LogP contribution in [0.25, 0.3) is 0 Å². The molecule has 1 N–H and O–H groups in total. The van der Waals surface area contributed by atoms with Crippen LogP contribution in [0.2, 0.25) is 0 Å². The van der Waals surface area contributed by atoms with Gasteiger partial charge in [-0.05, 0) is 32.1 Å². The molecule has 0 spiro atoms. The van der Waals surface area contributed by atoms with E-state index < -0.39 is 0 Å². The Kier molecular flexibility index (Phi) is 4.56. The third-order valence-electron chi connectivity index (χ3n) is 2.67. The lowest BCUT2D eigenvalue weighted by molar-refractivity contribution is 0.121. The summed E-state index contributed by atoms with van der Waals surface area (Å²) in [6.45, 7) is 5.80. The SMILES string of the molecule is CSNC1CC(N(C)CC(C)C)C1. The van der Waals surface area contributed by atoms with Crippen LogP contribution in [-0.4, -0.2) is 36.8 Å². The van der Waals surface area contributed by atoms with E-state index >= 15 is 0 Å². The number of nitrogens with zero attached hydrogens (tertiary/aromatic N) is 1. The van der Waals surface area contributed by atoms with Crippen molar-refractivity contribution in [2.45, 2.75) is 38.8 Å². The lowest BCUT2D eigenvalue weighted by atomic mass is 9.86. The Morgan fingerprint density at radius 2 is 2.08 bits per heavy atom. The van der Waals surface area contributed by atoms with Crippen LogP contribution in [0.4, 0.5) is 0 Å². The maximum Gasteiger partial charge on any atom is 0.0201 e. The van der Waals surface area contributed by atoms with Gasteiger partial charge in [0.15, 0.2) is 0 Å². The number of rotatable bonds is 5. The molecule has 0 bridgehead atoms. The fraction of sp³-hybridized carbons (Fsp3) is 1.00. The summed E-state index contributed by atoms with van der Waals surface area (Å²) in [5.41, 5.74) is 0. The van der Waals surface area contributed by atoms with Crippen LogP contribution in [0, 0.1) is 5.92 Å². The average Bonchev–Trinajstić information content (AvgIpc) is 1.93. The second-order valence-electron chi connectivity index (χ2n) is 4.48. The van der Waals surface area contributed by atoms with E-state index in [1.54, 1.807) is 11.9 Å².